The molecule has 4 heterocycles. The normalized spacial score (nSPS) is 16.8. The number of aryl methyl sites for hydroxylation is 2. The average molecular weight is 341 g/mol. The maximum atomic E-state index is 12.5. The number of fused-ring (bicyclic) bond motifs is 1. The molecule has 0 saturated heterocycles. The van der Waals surface area contributed by atoms with Crippen LogP contribution in [0.5, 0.6) is 0 Å². The lowest BCUT2D eigenvalue weighted by Gasteiger charge is -2.24. The molecule has 3 aromatic rings. The second kappa shape index (κ2) is 6.28. The highest BCUT2D eigenvalue weighted by Gasteiger charge is 2.27. The predicted molar refractivity (Wildman–Crippen MR) is 92.6 cm³/mol. The Bertz CT molecular complexity index is 848. The minimum absolute atomic E-state index is 0.0276. The van der Waals surface area contributed by atoms with E-state index < -0.39 is 0 Å². The lowest BCUT2D eigenvalue weighted by atomic mass is 9.98. The van der Waals surface area contributed by atoms with E-state index in [9.17, 15) is 4.79 Å². The summed E-state index contributed by atoms with van der Waals surface area (Å²) in [5.74, 6) is 2.78. The summed E-state index contributed by atoms with van der Waals surface area (Å²) in [5, 5.41) is 7.18. The minimum atomic E-state index is -0.0276. The topological polar surface area (TPSA) is 60.1 Å². The van der Waals surface area contributed by atoms with Crippen molar-refractivity contribution in [2.45, 2.75) is 32.9 Å². The standard InChI is InChI=1S/C18H19N3O2S/c1-12-2-4-15(23-12)8-20-18(22)13-3-5-17-19-9-16(21(17)10-13)14-6-7-24-11-14/h2,4,6-7,9,11,13H,3,5,8,10H2,1H3,(H,20,22). The van der Waals surface area contributed by atoms with Gasteiger partial charge in [0.05, 0.1) is 24.4 Å². The Morgan fingerprint density at radius 3 is 3.12 bits per heavy atom. The van der Waals surface area contributed by atoms with Crippen molar-refractivity contribution in [2.75, 3.05) is 0 Å². The maximum Gasteiger partial charge on any atom is 0.225 e. The van der Waals surface area contributed by atoms with Gasteiger partial charge < -0.3 is 14.3 Å². The Balaban J connectivity index is 1.45. The smallest absolute Gasteiger partial charge is 0.225 e. The van der Waals surface area contributed by atoms with Crippen molar-refractivity contribution in [3.63, 3.8) is 0 Å². The fourth-order valence-electron chi connectivity index (χ4n) is 3.19. The number of aromatic nitrogens is 2. The molecule has 1 aliphatic heterocycles. The minimum Gasteiger partial charge on any atom is -0.465 e. The summed E-state index contributed by atoms with van der Waals surface area (Å²) in [7, 11) is 0. The van der Waals surface area contributed by atoms with E-state index in [1.807, 2.05) is 25.3 Å². The maximum absolute atomic E-state index is 12.5. The summed E-state index contributed by atoms with van der Waals surface area (Å²) in [6.45, 7) is 3.03. The molecule has 0 bridgehead atoms. The Labute approximate surface area is 144 Å². The second-order valence-electron chi connectivity index (χ2n) is 6.15. The average Bonchev–Trinajstić information content (AvgIpc) is 3.32. The number of hydrogen-bond donors (Lipinski definition) is 1. The highest BCUT2D eigenvalue weighted by Crippen LogP contribution is 2.28. The molecule has 0 spiro atoms. The van der Waals surface area contributed by atoms with Crippen LogP contribution in [-0.4, -0.2) is 15.5 Å². The first kappa shape index (κ1) is 15.2. The van der Waals surface area contributed by atoms with E-state index in [4.69, 9.17) is 4.42 Å². The first-order valence-corrected chi connectivity index (χ1v) is 9.05. The van der Waals surface area contributed by atoms with Gasteiger partial charge in [0.1, 0.15) is 17.3 Å². The predicted octanol–water partition coefficient (Wildman–Crippen LogP) is 3.39. The number of nitrogens with zero attached hydrogens (tertiary/aromatic N) is 2. The lowest BCUT2D eigenvalue weighted by molar-refractivity contribution is -0.126. The molecule has 1 unspecified atom stereocenters. The molecule has 6 heteroatoms. The van der Waals surface area contributed by atoms with E-state index in [2.05, 4.69) is 31.7 Å². The van der Waals surface area contributed by atoms with Crippen LogP contribution in [0.4, 0.5) is 0 Å². The number of carbonyl (C=O) groups excluding carboxylic acids is 1. The van der Waals surface area contributed by atoms with E-state index in [1.165, 1.54) is 5.56 Å². The van der Waals surface area contributed by atoms with Crippen molar-refractivity contribution in [3.05, 3.63) is 52.5 Å². The van der Waals surface area contributed by atoms with Gasteiger partial charge in [0.15, 0.2) is 0 Å². The summed E-state index contributed by atoms with van der Waals surface area (Å²) >= 11 is 1.67. The molecule has 1 N–H and O–H groups in total. The van der Waals surface area contributed by atoms with Crippen LogP contribution >= 0.6 is 11.3 Å². The quantitative estimate of drug-likeness (QED) is 0.791. The third-order valence-electron chi connectivity index (χ3n) is 4.48. The molecule has 1 aliphatic rings. The highest BCUT2D eigenvalue weighted by atomic mass is 32.1. The van der Waals surface area contributed by atoms with E-state index in [0.717, 1.165) is 35.9 Å². The summed E-state index contributed by atoms with van der Waals surface area (Å²) < 4.78 is 7.69. The molecule has 1 amide bonds. The van der Waals surface area contributed by atoms with Crippen molar-refractivity contribution in [3.8, 4) is 11.3 Å². The number of furan rings is 1. The number of hydrogen-bond acceptors (Lipinski definition) is 4. The zero-order chi connectivity index (χ0) is 16.5. The third-order valence-corrected chi connectivity index (χ3v) is 5.16. The van der Waals surface area contributed by atoms with Gasteiger partial charge >= 0.3 is 0 Å². The van der Waals surface area contributed by atoms with Crippen LogP contribution in [0.3, 0.4) is 0 Å². The molecule has 0 saturated carbocycles. The van der Waals surface area contributed by atoms with Crippen LogP contribution in [0.25, 0.3) is 11.3 Å². The van der Waals surface area contributed by atoms with Gasteiger partial charge in [0.25, 0.3) is 0 Å². The second-order valence-corrected chi connectivity index (χ2v) is 6.93. The summed E-state index contributed by atoms with van der Waals surface area (Å²) in [6.07, 6.45) is 3.59. The van der Waals surface area contributed by atoms with Gasteiger partial charge in [-0.2, -0.15) is 11.3 Å². The van der Waals surface area contributed by atoms with Crippen LogP contribution in [0, 0.1) is 12.8 Å². The monoisotopic (exact) mass is 341 g/mol. The number of nitrogens with one attached hydrogen (secondary N) is 1. The number of imidazole rings is 1. The third kappa shape index (κ3) is 2.89. The molecule has 0 radical (unpaired) electrons. The van der Waals surface area contributed by atoms with Gasteiger partial charge in [-0.05, 0) is 36.9 Å². The van der Waals surface area contributed by atoms with Crippen LogP contribution in [0.1, 0.15) is 23.8 Å². The van der Waals surface area contributed by atoms with Gasteiger partial charge in [-0.1, -0.05) is 0 Å². The van der Waals surface area contributed by atoms with Gasteiger partial charge in [0.2, 0.25) is 5.91 Å². The molecule has 0 aliphatic carbocycles. The van der Waals surface area contributed by atoms with Crippen molar-refractivity contribution >= 4 is 17.2 Å². The Morgan fingerprint density at radius 1 is 1.46 bits per heavy atom. The molecular formula is C18H19N3O2S. The van der Waals surface area contributed by atoms with Crippen molar-refractivity contribution in [1.82, 2.24) is 14.9 Å². The Hall–Kier alpha value is -2.34. The molecule has 4 rings (SSSR count). The number of carbonyl (C=O) groups is 1. The van der Waals surface area contributed by atoms with Gasteiger partial charge in [-0.15, -0.1) is 0 Å². The zero-order valence-corrected chi connectivity index (χ0v) is 14.3. The number of thiophene rings is 1. The molecule has 3 aromatic heterocycles. The van der Waals surface area contributed by atoms with E-state index in [1.54, 1.807) is 11.3 Å². The number of amides is 1. The van der Waals surface area contributed by atoms with E-state index >= 15 is 0 Å². The summed E-state index contributed by atoms with van der Waals surface area (Å²) in [6, 6.07) is 5.91. The fraction of sp³-hybridized carbons (Fsp3) is 0.333. The number of rotatable bonds is 4. The molecule has 0 fully saturated rings. The van der Waals surface area contributed by atoms with Gasteiger partial charge in [-0.25, -0.2) is 4.98 Å². The van der Waals surface area contributed by atoms with Crippen LogP contribution < -0.4 is 5.32 Å². The zero-order valence-electron chi connectivity index (χ0n) is 13.5. The largest absolute Gasteiger partial charge is 0.465 e. The molecule has 1 atom stereocenters. The van der Waals surface area contributed by atoms with E-state index in [0.29, 0.717) is 13.1 Å². The van der Waals surface area contributed by atoms with Crippen LogP contribution in [-0.2, 0) is 24.3 Å². The fourth-order valence-corrected chi connectivity index (χ4v) is 3.84. The van der Waals surface area contributed by atoms with Crippen molar-refractivity contribution in [1.29, 1.82) is 0 Å². The van der Waals surface area contributed by atoms with Crippen LogP contribution in [0.15, 0.2) is 39.6 Å². The molecule has 5 nitrogen and oxygen atoms in total. The molecule has 0 aromatic carbocycles. The van der Waals surface area contributed by atoms with Crippen LogP contribution in [0.2, 0.25) is 0 Å². The molecular weight excluding hydrogens is 322 g/mol. The molecule has 24 heavy (non-hydrogen) atoms. The first-order valence-electron chi connectivity index (χ1n) is 8.10. The van der Waals surface area contributed by atoms with Crippen molar-refractivity contribution in [2.24, 2.45) is 5.92 Å². The Morgan fingerprint density at radius 2 is 2.38 bits per heavy atom. The van der Waals surface area contributed by atoms with Gasteiger partial charge in [0, 0.05) is 23.9 Å². The SMILES string of the molecule is Cc1ccc(CNC(=O)C2CCc3ncc(-c4ccsc4)n3C2)o1. The van der Waals surface area contributed by atoms with Gasteiger partial charge in [-0.3, -0.25) is 4.79 Å². The summed E-state index contributed by atoms with van der Waals surface area (Å²) in [4.78, 5) is 17.0. The summed E-state index contributed by atoms with van der Waals surface area (Å²) in [5.41, 5.74) is 2.27. The van der Waals surface area contributed by atoms with Crippen molar-refractivity contribution < 1.29 is 9.21 Å². The van der Waals surface area contributed by atoms with E-state index in [-0.39, 0.29) is 11.8 Å². The highest BCUT2D eigenvalue weighted by molar-refractivity contribution is 7.08. The Kier molecular flexibility index (Phi) is 3.98. The lowest BCUT2D eigenvalue weighted by Crippen LogP contribution is -2.35. The first-order chi connectivity index (χ1) is 11.7. The molecule has 124 valence electrons.